The second-order valence-corrected chi connectivity index (χ2v) is 4.93. The minimum atomic E-state index is 0.265. The SMILES string of the molecule is CCOCCNC(CCCl)C(C)(C)C. The van der Waals surface area contributed by atoms with Crippen molar-refractivity contribution in [3.63, 3.8) is 0 Å². The number of ether oxygens (including phenoxy) is 1. The lowest BCUT2D eigenvalue weighted by atomic mass is 9.85. The molecule has 0 aliphatic heterocycles. The Labute approximate surface area is 93.4 Å². The van der Waals surface area contributed by atoms with E-state index in [1.165, 1.54) is 0 Å². The maximum atomic E-state index is 5.77. The van der Waals surface area contributed by atoms with Gasteiger partial charge in [-0.1, -0.05) is 20.8 Å². The van der Waals surface area contributed by atoms with Gasteiger partial charge in [-0.05, 0) is 18.8 Å². The van der Waals surface area contributed by atoms with Crippen LogP contribution in [-0.4, -0.2) is 31.7 Å². The predicted octanol–water partition coefficient (Wildman–Crippen LogP) is 2.66. The summed E-state index contributed by atoms with van der Waals surface area (Å²) in [5.41, 5.74) is 0.265. The average molecular weight is 222 g/mol. The molecule has 0 amide bonds. The molecule has 0 spiro atoms. The van der Waals surface area contributed by atoms with Crippen molar-refractivity contribution in [1.82, 2.24) is 5.32 Å². The van der Waals surface area contributed by atoms with E-state index in [1.54, 1.807) is 0 Å². The number of hydrogen-bond donors (Lipinski definition) is 1. The molecule has 0 bridgehead atoms. The smallest absolute Gasteiger partial charge is 0.0590 e. The van der Waals surface area contributed by atoms with Gasteiger partial charge in [0.25, 0.3) is 0 Å². The zero-order valence-electron chi connectivity index (χ0n) is 9.90. The Balaban J connectivity index is 3.74. The zero-order chi connectivity index (χ0) is 11.0. The van der Waals surface area contributed by atoms with E-state index in [-0.39, 0.29) is 5.41 Å². The van der Waals surface area contributed by atoms with Crippen LogP contribution >= 0.6 is 11.6 Å². The highest BCUT2D eigenvalue weighted by atomic mass is 35.5. The van der Waals surface area contributed by atoms with E-state index < -0.39 is 0 Å². The van der Waals surface area contributed by atoms with E-state index >= 15 is 0 Å². The summed E-state index contributed by atoms with van der Waals surface area (Å²) in [7, 11) is 0. The molecule has 0 aromatic heterocycles. The topological polar surface area (TPSA) is 21.3 Å². The van der Waals surface area contributed by atoms with Crippen LogP contribution in [0.3, 0.4) is 0 Å². The van der Waals surface area contributed by atoms with Gasteiger partial charge in [0.1, 0.15) is 0 Å². The molecule has 1 unspecified atom stereocenters. The second-order valence-electron chi connectivity index (χ2n) is 4.55. The molecule has 0 heterocycles. The minimum absolute atomic E-state index is 0.265. The lowest BCUT2D eigenvalue weighted by Crippen LogP contribution is -2.42. The third kappa shape index (κ3) is 6.63. The Hall–Kier alpha value is 0.210. The molecule has 0 rings (SSSR count). The van der Waals surface area contributed by atoms with E-state index in [2.05, 4.69) is 26.1 Å². The third-order valence-corrected chi connectivity index (χ3v) is 2.50. The molecule has 0 fully saturated rings. The number of alkyl halides is 1. The first-order chi connectivity index (χ1) is 6.52. The lowest BCUT2D eigenvalue weighted by Gasteiger charge is -2.31. The molecule has 3 heteroatoms. The van der Waals surface area contributed by atoms with Gasteiger partial charge in [0.15, 0.2) is 0 Å². The van der Waals surface area contributed by atoms with Gasteiger partial charge < -0.3 is 10.1 Å². The van der Waals surface area contributed by atoms with Gasteiger partial charge in [0, 0.05) is 25.1 Å². The third-order valence-electron chi connectivity index (χ3n) is 2.28. The van der Waals surface area contributed by atoms with Crippen molar-refractivity contribution < 1.29 is 4.74 Å². The molecule has 0 saturated carbocycles. The normalized spacial score (nSPS) is 14.4. The molecule has 2 nitrogen and oxygen atoms in total. The fourth-order valence-electron chi connectivity index (χ4n) is 1.40. The number of hydrogen-bond acceptors (Lipinski definition) is 2. The van der Waals surface area contributed by atoms with Crippen LogP contribution in [0, 0.1) is 5.41 Å². The molecule has 14 heavy (non-hydrogen) atoms. The van der Waals surface area contributed by atoms with Crippen LogP contribution in [0.25, 0.3) is 0 Å². The molecular weight excluding hydrogens is 198 g/mol. The molecule has 0 radical (unpaired) electrons. The van der Waals surface area contributed by atoms with Crippen LogP contribution in [-0.2, 0) is 4.74 Å². The molecule has 0 aromatic carbocycles. The summed E-state index contributed by atoms with van der Waals surface area (Å²) >= 11 is 5.77. The minimum Gasteiger partial charge on any atom is -0.380 e. The van der Waals surface area contributed by atoms with E-state index in [0.717, 1.165) is 26.2 Å². The van der Waals surface area contributed by atoms with E-state index in [0.29, 0.717) is 11.9 Å². The van der Waals surface area contributed by atoms with Gasteiger partial charge in [0.05, 0.1) is 6.61 Å². The van der Waals surface area contributed by atoms with Crippen molar-refractivity contribution in [1.29, 1.82) is 0 Å². The van der Waals surface area contributed by atoms with Crippen molar-refractivity contribution in [3.05, 3.63) is 0 Å². The Morgan fingerprint density at radius 1 is 1.36 bits per heavy atom. The van der Waals surface area contributed by atoms with Crippen LogP contribution in [0.15, 0.2) is 0 Å². The maximum absolute atomic E-state index is 5.77. The molecular formula is C11H24ClNO. The first-order valence-electron chi connectivity index (χ1n) is 5.39. The van der Waals surface area contributed by atoms with Crippen molar-refractivity contribution in [2.75, 3.05) is 25.6 Å². The van der Waals surface area contributed by atoms with E-state index in [9.17, 15) is 0 Å². The molecule has 0 aromatic rings. The van der Waals surface area contributed by atoms with Crippen LogP contribution in [0.5, 0.6) is 0 Å². The van der Waals surface area contributed by atoms with Gasteiger partial charge in [-0.25, -0.2) is 0 Å². The standard InChI is InChI=1S/C11H24ClNO/c1-5-14-9-8-13-10(6-7-12)11(2,3)4/h10,13H,5-9H2,1-4H3. The summed E-state index contributed by atoms with van der Waals surface area (Å²) in [4.78, 5) is 0. The van der Waals surface area contributed by atoms with Crippen molar-refractivity contribution in [2.45, 2.75) is 40.2 Å². The van der Waals surface area contributed by atoms with Gasteiger partial charge in [0.2, 0.25) is 0 Å². The summed E-state index contributed by atoms with van der Waals surface area (Å²) in [6.07, 6.45) is 1.01. The largest absolute Gasteiger partial charge is 0.380 e. The molecule has 0 saturated heterocycles. The zero-order valence-corrected chi connectivity index (χ0v) is 10.7. The predicted molar refractivity (Wildman–Crippen MR) is 63.1 cm³/mol. The summed E-state index contributed by atoms with van der Waals surface area (Å²) in [6.45, 7) is 11.2. The molecule has 1 atom stereocenters. The molecule has 0 aliphatic rings. The Kier molecular flexibility index (Phi) is 7.61. The van der Waals surface area contributed by atoms with Crippen LogP contribution in [0.2, 0.25) is 0 Å². The highest BCUT2D eigenvalue weighted by Crippen LogP contribution is 2.21. The van der Waals surface area contributed by atoms with Gasteiger partial charge in [-0.2, -0.15) is 0 Å². The maximum Gasteiger partial charge on any atom is 0.0590 e. The monoisotopic (exact) mass is 221 g/mol. The fourth-order valence-corrected chi connectivity index (χ4v) is 1.62. The molecule has 86 valence electrons. The van der Waals surface area contributed by atoms with Crippen LogP contribution < -0.4 is 5.32 Å². The van der Waals surface area contributed by atoms with Crippen LogP contribution in [0.4, 0.5) is 0 Å². The van der Waals surface area contributed by atoms with Gasteiger partial charge in [-0.15, -0.1) is 11.6 Å². The Morgan fingerprint density at radius 3 is 2.43 bits per heavy atom. The first kappa shape index (κ1) is 14.2. The number of nitrogens with one attached hydrogen (secondary N) is 1. The summed E-state index contributed by atoms with van der Waals surface area (Å²) in [6, 6.07) is 0.473. The van der Waals surface area contributed by atoms with E-state index in [4.69, 9.17) is 16.3 Å². The molecule has 1 N–H and O–H groups in total. The average Bonchev–Trinajstić information content (AvgIpc) is 2.08. The van der Waals surface area contributed by atoms with Gasteiger partial charge >= 0.3 is 0 Å². The second kappa shape index (κ2) is 7.49. The quantitative estimate of drug-likeness (QED) is 0.527. The Bertz CT molecular complexity index is 134. The van der Waals surface area contributed by atoms with Crippen molar-refractivity contribution >= 4 is 11.6 Å². The molecule has 0 aliphatic carbocycles. The Morgan fingerprint density at radius 2 is 2.00 bits per heavy atom. The van der Waals surface area contributed by atoms with Gasteiger partial charge in [-0.3, -0.25) is 0 Å². The summed E-state index contributed by atoms with van der Waals surface area (Å²) in [5.74, 6) is 0.712. The highest BCUT2D eigenvalue weighted by Gasteiger charge is 2.22. The van der Waals surface area contributed by atoms with Crippen molar-refractivity contribution in [3.8, 4) is 0 Å². The first-order valence-corrected chi connectivity index (χ1v) is 5.93. The summed E-state index contributed by atoms with van der Waals surface area (Å²) in [5, 5.41) is 3.49. The number of halogens is 1. The number of rotatable bonds is 7. The fraction of sp³-hybridized carbons (Fsp3) is 1.00. The van der Waals surface area contributed by atoms with E-state index in [1.807, 2.05) is 6.92 Å². The van der Waals surface area contributed by atoms with Crippen molar-refractivity contribution in [2.24, 2.45) is 5.41 Å². The highest BCUT2D eigenvalue weighted by molar-refractivity contribution is 6.17. The summed E-state index contributed by atoms with van der Waals surface area (Å²) < 4.78 is 5.28. The lowest BCUT2D eigenvalue weighted by molar-refractivity contribution is 0.139. The van der Waals surface area contributed by atoms with Crippen LogP contribution in [0.1, 0.15) is 34.1 Å².